The van der Waals surface area contributed by atoms with Gasteiger partial charge >= 0.3 is 0 Å². The number of ether oxygens (including phenoxy) is 3. The molecule has 11 nitrogen and oxygen atoms in total. The van der Waals surface area contributed by atoms with E-state index in [2.05, 4.69) is 31.4 Å². The lowest BCUT2D eigenvalue weighted by Gasteiger charge is -2.23. The molecule has 1 aliphatic heterocycles. The van der Waals surface area contributed by atoms with Gasteiger partial charge in [-0.25, -0.2) is 23.1 Å². The number of hydrogen-bond acceptors (Lipinski definition) is 10. The van der Waals surface area contributed by atoms with Gasteiger partial charge in [0.1, 0.15) is 28.6 Å². The quantitative estimate of drug-likeness (QED) is 0.286. The van der Waals surface area contributed by atoms with Gasteiger partial charge < -0.3 is 24.8 Å². The summed E-state index contributed by atoms with van der Waals surface area (Å²) in [5.74, 6) is 1.03. The molecule has 0 bridgehead atoms. The third-order valence-corrected chi connectivity index (χ3v) is 7.62. The van der Waals surface area contributed by atoms with Crippen molar-refractivity contribution in [3.63, 3.8) is 0 Å². The second-order valence-electron chi connectivity index (χ2n) is 8.86. The van der Waals surface area contributed by atoms with Crippen molar-refractivity contribution < 1.29 is 22.6 Å². The van der Waals surface area contributed by atoms with Crippen LogP contribution in [-0.2, 0) is 14.8 Å². The second-order valence-corrected chi connectivity index (χ2v) is 10.6. The van der Waals surface area contributed by atoms with E-state index in [0.717, 1.165) is 18.4 Å². The molecule has 0 radical (unpaired) electrons. The number of sulfonamides is 1. The molecule has 3 N–H and O–H groups in total. The molecule has 0 saturated carbocycles. The average Bonchev–Trinajstić information content (AvgIpc) is 2.96. The molecule has 2 heterocycles. The monoisotopic (exact) mass is 552 g/mol. The number of anilines is 2. The third kappa shape index (κ3) is 7.42. The van der Waals surface area contributed by atoms with Gasteiger partial charge in [0.15, 0.2) is 0 Å². The van der Waals surface area contributed by atoms with Gasteiger partial charge in [0, 0.05) is 42.9 Å². The van der Waals surface area contributed by atoms with E-state index in [9.17, 15) is 13.7 Å². The van der Waals surface area contributed by atoms with Crippen LogP contribution in [0.5, 0.6) is 11.5 Å². The molecule has 2 aromatic carbocycles. The van der Waals surface area contributed by atoms with E-state index < -0.39 is 10.0 Å². The molecule has 1 saturated heterocycles. The van der Waals surface area contributed by atoms with Gasteiger partial charge in [0.2, 0.25) is 16.0 Å². The Bertz CT molecular complexity index is 1420. The number of nitrogens with zero attached hydrogens (tertiary/aromatic N) is 3. The zero-order chi connectivity index (χ0) is 27.7. The molecule has 39 heavy (non-hydrogen) atoms. The van der Waals surface area contributed by atoms with Crippen LogP contribution in [0.4, 0.5) is 11.6 Å². The summed E-state index contributed by atoms with van der Waals surface area (Å²) in [4.78, 5) is 8.90. The fraction of sp³-hybridized carbons (Fsp3) is 0.370. The Morgan fingerprint density at radius 2 is 1.92 bits per heavy atom. The number of methoxy groups -OCH3 is 1. The van der Waals surface area contributed by atoms with Crippen LogP contribution in [0.25, 0.3) is 11.3 Å². The molecular weight excluding hydrogens is 520 g/mol. The van der Waals surface area contributed by atoms with Crippen molar-refractivity contribution in [3.8, 4) is 28.8 Å². The highest BCUT2D eigenvalue weighted by Crippen LogP contribution is 2.30. The minimum atomic E-state index is -3.74. The molecular formula is C27H32N6O5S. The number of benzene rings is 2. The molecule has 1 aromatic heterocycles. The van der Waals surface area contributed by atoms with Crippen LogP contribution >= 0.6 is 0 Å². The summed E-state index contributed by atoms with van der Waals surface area (Å²) in [7, 11) is -0.514. The first kappa shape index (κ1) is 28.3. The first-order chi connectivity index (χ1) is 18.9. The van der Waals surface area contributed by atoms with Gasteiger partial charge in [-0.05, 0) is 56.4 Å². The number of hydrogen-bond donors (Lipinski definition) is 3. The maximum absolute atomic E-state index is 12.7. The lowest BCUT2D eigenvalue weighted by molar-refractivity contribution is 0.0254. The van der Waals surface area contributed by atoms with Crippen LogP contribution in [0.3, 0.4) is 0 Å². The number of nitrogens with one attached hydrogen (secondary N) is 3. The lowest BCUT2D eigenvalue weighted by atomic mass is 10.1. The number of nitriles is 1. The predicted octanol–water partition coefficient (Wildman–Crippen LogP) is 3.21. The summed E-state index contributed by atoms with van der Waals surface area (Å²) in [6.45, 7) is 2.32. The molecule has 0 unspecified atom stereocenters. The van der Waals surface area contributed by atoms with Crippen molar-refractivity contribution >= 4 is 21.7 Å². The Hall–Kier alpha value is -3.76. The Labute approximate surface area is 228 Å². The van der Waals surface area contributed by atoms with Crippen molar-refractivity contribution in [1.82, 2.24) is 20.0 Å². The molecule has 0 amide bonds. The van der Waals surface area contributed by atoms with Gasteiger partial charge in [0.25, 0.3) is 0 Å². The van der Waals surface area contributed by atoms with E-state index in [1.165, 1.54) is 13.2 Å². The first-order valence-electron chi connectivity index (χ1n) is 12.6. The second kappa shape index (κ2) is 13.3. The van der Waals surface area contributed by atoms with E-state index in [4.69, 9.17) is 14.2 Å². The molecule has 1 aliphatic rings. The fourth-order valence-electron chi connectivity index (χ4n) is 4.08. The summed E-state index contributed by atoms with van der Waals surface area (Å²) < 4.78 is 44.9. The molecule has 4 rings (SSSR count). The SMILES string of the molecule is CNCCCNS(=O)(=O)c1ccc(Nc2nccc(-c3ccc(OC4CCOCC4)c(C#N)c3)n2)cc1OC. The van der Waals surface area contributed by atoms with E-state index in [1.54, 1.807) is 36.5 Å². The van der Waals surface area contributed by atoms with Crippen LogP contribution in [0.1, 0.15) is 24.8 Å². The highest BCUT2D eigenvalue weighted by molar-refractivity contribution is 7.89. The van der Waals surface area contributed by atoms with Gasteiger partial charge in [-0.1, -0.05) is 0 Å². The van der Waals surface area contributed by atoms with Crippen molar-refractivity contribution in [2.75, 3.05) is 45.8 Å². The predicted molar refractivity (Wildman–Crippen MR) is 147 cm³/mol. The summed E-state index contributed by atoms with van der Waals surface area (Å²) in [5.41, 5.74) is 2.32. The summed E-state index contributed by atoms with van der Waals surface area (Å²) in [6.07, 6.45) is 3.87. The van der Waals surface area contributed by atoms with Crippen LogP contribution in [-0.4, -0.2) is 65.0 Å². The fourth-order valence-corrected chi connectivity index (χ4v) is 5.30. The zero-order valence-electron chi connectivity index (χ0n) is 21.9. The van der Waals surface area contributed by atoms with Gasteiger partial charge in [-0.3, -0.25) is 0 Å². The summed E-state index contributed by atoms with van der Waals surface area (Å²) >= 11 is 0. The maximum atomic E-state index is 12.7. The van der Waals surface area contributed by atoms with Crippen molar-refractivity contribution in [3.05, 3.63) is 54.2 Å². The molecule has 0 atom stereocenters. The molecule has 206 valence electrons. The normalized spacial score (nSPS) is 14.0. The summed E-state index contributed by atoms with van der Waals surface area (Å²) in [6, 6.07) is 14.0. The van der Waals surface area contributed by atoms with Crippen LogP contribution < -0.4 is 24.8 Å². The van der Waals surface area contributed by atoms with Gasteiger partial charge in [0.05, 0.1) is 31.6 Å². The smallest absolute Gasteiger partial charge is 0.244 e. The van der Waals surface area contributed by atoms with Crippen LogP contribution in [0.15, 0.2) is 53.6 Å². The largest absolute Gasteiger partial charge is 0.495 e. The van der Waals surface area contributed by atoms with Crippen LogP contribution in [0, 0.1) is 11.3 Å². The first-order valence-corrected chi connectivity index (χ1v) is 14.1. The highest BCUT2D eigenvalue weighted by atomic mass is 32.2. The Kier molecular flexibility index (Phi) is 9.67. The van der Waals surface area contributed by atoms with Gasteiger partial charge in [-0.15, -0.1) is 0 Å². The maximum Gasteiger partial charge on any atom is 0.244 e. The molecule has 0 aliphatic carbocycles. The van der Waals surface area contributed by atoms with E-state index in [1.807, 2.05) is 13.1 Å². The highest BCUT2D eigenvalue weighted by Gasteiger charge is 2.20. The van der Waals surface area contributed by atoms with Crippen LogP contribution in [0.2, 0.25) is 0 Å². The standard InChI is InChI=1S/C27H32N6O5S/c1-29-11-3-12-31-39(34,35)26-7-5-21(17-25(26)36-2)32-27-30-13-8-23(33-27)19-4-6-24(20(16-19)18-28)38-22-9-14-37-15-10-22/h4-8,13,16-17,22,29,31H,3,9-12,14-15H2,1-2H3,(H,30,32,33). The minimum Gasteiger partial charge on any atom is -0.495 e. The molecule has 1 fully saturated rings. The average molecular weight is 553 g/mol. The minimum absolute atomic E-state index is 0.0269. The summed E-state index contributed by atoms with van der Waals surface area (Å²) in [5, 5.41) is 15.8. The van der Waals surface area contributed by atoms with Crippen molar-refractivity contribution in [2.24, 2.45) is 0 Å². The zero-order valence-corrected chi connectivity index (χ0v) is 22.8. The van der Waals surface area contributed by atoms with E-state index in [0.29, 0.717) is 61.4 Å². The van der Waals surface area contributed by atoms with Crippen molar-refractivity contribution in [2.45, 2.75) is 30.3 Å². The number of rotatable bonds is 12. The van der Waals surface area contributed by atoms with Gasteiger partial charge in [-0.2, -0.15) is 5.26 Å². The Morgan fingerprint density at radius 3 is 2.67 bits per heavy atom. The topological polar surface area (TPSA) is 147 Å². The lowest BCUT2D eigenvalue weighted by Crippen LogP contribution is -2.27. The molecule has 0 spiro atoms. The molecule has 3 aromatic rings. The third-order valence-electron chi connectivity index (χ3n) is 6.12. The number of aromatic nitrogens is 2. The van der Waals surface area contributed by atoms with Crippen molar-refractivity contribution in [1.29, 1.82) is 5.26 Å². The van der Waals surface area contributed by atoms with E-state index >= 15 is 0 Å². The molecule has 12 heteroatoms. The Morgan fingerprint density at radius 1 is 1.10 bits per heavy atom. The van der Waals surface area contributed by atoms with E-state index in [-0.39, 0.29) is 16.7 Å². The Balaban J connectivity index is 1.50.